The quantitative estimate of drug-likeness (QED) is 0.166. The molecule has 1 aromatic heterocycles. The zero-order valence-corrected chi connectivity index (χ0v) is 25.9. The van der Waals surface area contributed by atoms with E-state index in [9.17, 15) is 18.0 Å². The van der Waals surface area contributed by atoms with Gasteiger partial charge >= 0.3 is 12.4 Å². The number of nitrogens with zero attached hydrogens (tertiary/aromatic N) is 6. The van der Waals surface area contributed by atoms with Crippen LogP contribution in [0.2, 0.25) is 0 Å². The second-order valence-corrected chi connectivity index (χ2v) is 12.0. The average molecular weight is 636 g/mol. The van der Waals surface area contributed by atoms with E-state index in [-0.39, 0.29) is 5.75 Å². The fourth-order valence-electron chi connectivity index (χ4n) is 4.72. The number of alkyl halides is 3. The molecule has 4 aromatic rings. The van der Waals surface area contributed by atoms with Gasteiger partial charge in [-0.1, -0.05) is 68.9 Å². The number of carbonyl (C=O) groups excluding carboxylic acids is 1. The summed E-state index contributed by atoms with van der Waals surface area (Å²) in [6.07, 6.45) is -1.77. The lowest BCUT2D eigenvalue weighted by Crippen LogP contribution is -2.40. The highest BCUT2D eigenvalue weighted by atomic mass is 32.2. The van der Waals surface area contributed by atoms with Gasteiger partial charge in [-0.15, -0.1) is 18.3 Å². The van der Waals surface area contributed by atoms with Gasteiger partial charge in [-0.3, -0.25) is 0 Å². The minimum atomic E-state index is -4.76. The molecule has 1 unspecified atom stereocenters. The van der Waals surface area contributed by atoms with Crippen molar-refractivity contribution in [3.8, 4) is 22.8 Å². The first-order chi connectivity index (χ1) is 21.4. The van der Waals surface area contributed by atoms with Crippen LogP contribution in [0.4, 0.5) is 23.7 Å². The minimum absolute atomic E-state index is 0.320. The molecule has 1 aliphatic heterocycles. The molecule has 0 radical (unpaired) electrons. The molecule has 1 N–H and O–H groups in total. The predicted octanol–water partition coefficient (Wildman–Crippen LogP) is 7.55. The normalized spacial score (nSPS) is 16.5. The highest BCUT2D eigenvalue weighted by Gasteiger charge is 2.31. The second-order valence-electron chi connectivity index (χ2n) is 11.0. The molecule has 5 rings (SSSR count). The number of rotatable bonds is 7. The van der Waals surface area contributed by atoms with Crippen LogP contribution in [0.15, 0.2) is 83.2 Å². The topological polar surface area (TPSA) is 97.0 Å². The molecule has 0 saturated carbocycles. The van der Waals surface area contributed by atoms with Gasteiger partial charge in [-0.05, 0) is 65.8 Å². The van der Waals surface area contributed by atoms with Gasteiger partial charge in [0.25, 0.3) is 0 Å². The van der Waals surface area contributed by atoms with Crippen LogP contribution in [0.3, 0.4) is 0 Å². The fraction of sp³-hybridized carbons (Fsp3) is 0.281. The Labute approximate surface area is 263 Å². The van der Waals surface area contributed by atoms with E-state index in [0.717, 1.165) is 34.7 Å². The van der Waals surface area contributed by atoms with Gasteiger partial charge in [0.1, 0.15) is 12.1 Å². The number of hydrogen-bond acceptors (Lipinski definition) is 6. The molecule has 9 nitrogen and oxygen atoms in total. The number of halogens is 3. The number of amides is 2. The molecule has 45 heavy (non-hydrogen) atoms. The van der Waals surface area contributed by atoms with Crippen molar-refractivity contribution >= 4 is 34.9 Å². The number of carbonyl (C=O) groups is 1. The minimum Gasteiger partial charge on any atom is -0.406 e. The molecule has 0 aliphatic carbocycles. The predicted molar refractivity (Wildman–Crippen MR) is 171 cm³/mol. The van der Waals surface area contributed by atoms with Gasteiger partial charge in [0, 0.05) is 23.5 Å². The Morgan fingerprint density at radius 2 is 1.84 bits per heavy atom. The first-order valence-electron chi connectivity index (χ1n) is 14.3. The smallest absolute Gasteiger partial charge is 0.406 e. The van der Waals surface area contributed by atoms with Crippen LogP contribution in [-0.2, 0) is 0 Å². The Morgan fingerprint density at radius 1 is 1.11 bits per heavy atom. The van der Waals surface area contributed by atoms with E-state index in [0.29, 0.717) is 28.5 Å². The van der Waals surface area contributed by atoms with Gasteiger partial charge in [0.05, 0.1) is 11.9 Å². The Morgan fingerprint density at radius 3 is 2.53 bits per heavy atom. The van der Waals surface area contributed by atoms with Crippen LogP contribution in [0, 0.1) is 12.8 Å². The maximum atomic E-state index is 12.8. The molecule has 1 atom stereocenters. The van der Waals surface area contributed by atoms with Crippen LogP contribution in [-0.4, -0.2) is 50.8 Å². The maximum Gasteiger partial charge on any atom is 0.573 e. The molecule has 2 amide bonds. The fourth-order valence-corrected chi connectivity index (χ4v) is 5.73. The Hall–Kier alpha value is -4.65. The van der Waals surface area contributed by atoms with E-state index in [2.05, 4.69) is 81.1 Å². The second kappa shape index (κ2) is 13.6. The maximum absolute atomic E-state index is 12.8. The zero-order valence-electron chi connectivity index (χ0n) is 25.1. The largest absolute Gasteiger partial charge is 0.573 e. The standard InChI is InChI=1S/C32H32F3N7O2S/c1-20(2)27-14-5-21(3)15-28(27)41-17-22(4)18-45-31(41)38-30(43)39-37-16-23-6-8-24(9-7-23)29-36-19-42(40-29)25-10-12-26(13-11-25)44-32(33,34)35/h5-16,19-20,22H,17-18H2,1-4H3,(H,39,43)/b37-16+,38-31-. The lowest BCUT2D eigenvalue weighted by Gasteiger charge is -2.35. The van der Waals surface area contributed by atoms with E-state index in [1.165, 1.54) is 47.1 Å². The third kappa shape index (κ3) is 8.29. The molecule has 234 valence electrons. The SMILES string of the molecule is Cc1ccc(C(C)C)c(N2CC(C)CS/C2=N\C(=O)N/N=C/c2ccc(-c3ncn(-c4ccc(OC(F)(F)F)cc4)n3)cc2)c1. The number of aliphatic imine (C=N–C) groups is 1. The van der Waals surface area contributed by atoms with Crippen molar-refractivity contribution < 1.29 is 22.7 Å². The molecule has 0 bridgehead atoms. The lowest BCUT2D eigenvalue weighted by atomic mass is 9.98. The first kappa shape index (κ1) is 31.8. The Kier molecular flexibility index (Phi) is 9.57. The molecule has 0 spiro atoms. The van der Waals surface area contributed by atoms with Crippen LogP contribution in [0.5, 0.6) is 5.75 Å². The van der Waals surface area contributed by atoms with Gasteiger partial charge in [0.15, 0.2) is 11.0 Å². The van der Waals surface area contributed by atoms with Crippen molar-refractivity contribution in [1.29, 1.82) is 0 Å². The molecule has 1 fully saturated rings. The molecular weight excluding hydrogens is 603 g/mol. The van der Waals surface area contributed by atoms with E-state index in [4.69, 9.17) is 0 Å². The summed E-state index contributed by atoms with van der Waals surface area (Å²) in [7, 11) is 0. The molecule has 1 saturated heterocycles. The number of amidine groups is 1. The van der Waals surface area contributed by atoms with E-state index >= 15 is 0 Å². The number of urea groups is 1. The number of thioether (sulfide) groups is 1. The highest BCUT2D eigenvalue weighted by molar-refractivity contribution is 8.14. The van der Waals surface area contributed by atoms with Crippen molar-refractivity contribution in [1.82, 2.24) is 20.2 Å². The zero-order chi connectivity index (χ0) is 32.1. The summed E-state index contributed by atoms with van der Waals surface area (Å²) in [5.74, 6) is 1.74. The van der Waals surface area contributed by atoms with Crippen molar-refractivity contribution in [2.75, 3.05) is 17.2 Å². The molecule has 13 heteroatoms. The Bertz CT molecular complexity index is 1700. The molecular formula is C32H32F3N7O2S. The van der Waals surface area contributed by atoms with E-state index in [1.807, 2.05) is 0 Å². The summed E-state index contributed by atoms with van der Waals surface area (Å²) in [5, 5.41) is 9.14. The van der Waals surface area contributed by atoms with Crippen molar-refractivity contribution in [3.05, 3.63) is 89.7 Å². The number of hydrazone groups is 1. The van der Waals surface area contributed by atoms with Crippen LogP contribution < -0.4 is 15.1 Å². The summed E-state index contributed by atoms with van der Waals surface area (Å²) in [5.41, 5.74) is 7.91. The summed E-state index contributed by atoms with van der Waals surface area (Å²) < 4.78 is 42.6. The number of benzene rings is 3. The number of anilines is 1. The van der Waals surface area contributed by atoms with E-state index in [1.54, 1.807) is 36.0 Å². The molecule has 2 heterocycles. The lowest BCUT2D eigenvalue weighted by molar-refractivity contribution is -0.274. The van der Waals surface area contributed by atoms with Gasteiger partial charge < -0.3 is 9.64 Å². The van der Waals surface area contributed by atoms with Crippen molar-refractivity contribution in [2.45, 2.75) is 40.0 Å². The monoisotopic (exact) mass is 635 g/mol. The third-order valence-electron chi connectivity index (χ3n) is 6.89. The summed E-state index contributed by atoms with van der Waals surface area (Å²) >= 11 is 1.56. The number of nitrogens with one attached hydrogen (secondary N) is 1. The van der Waals surface area contributed by atoms with Crippen molar-refractivity contribution in [2.24, 2.45) is 16.0 Å². The van der Waals surface area contributed by atoms with Gasteiger partial charge in [-0.25, -0.2) is 19.9 Å². The first-order valence-corrected chi connectivity index (χ1v) is 15.2. The van der Waals surface area contributed by atoms with Crippen LogP contribution in [0.1, 0.15) is 43.4 Å². The van der Waals surface area contributed by atoms with Crippen LogP contribution in [0.25, 0.3) is 17.1 Å². The van der Waals surface area contributed by atoms with Crippen molar-refractivity contribution in [3.63, 3.8) is 0 Å². The Balaban J connectivity index is 1.22. The van der Waals surface area contributed by atoms with Crippen LogP contribution >= 0.6 is 11.8 Å². The summed E-state index contributed by atoms with van der Waals surface area (Å²) in [4.78, 5) is 23.5. The van der Waals surface area contributed by atoms with Gasteiger partial charge in [0.2, 0.25) is 0 Å². The molecule has 3 aromatic carbocycles. The number of hydrogen-bond donors (Lipinski definition) is 1. The highest BCUT2D eigenvalue weighted by Crippen LogP contribution is 2.34. The molecule has 1 aliphatic rings. The number of aryl methyl sites for hydroxylation is 1. The number of ether oxygens (including phenoxy) is 1. The van der Waals surface area contributed by atoms with Gasteiger partial charge in [-0.2, -0.15) is 10.1 Å². The number of aromatic nitrogens is 3. The van der Waals surface area contributed by atoms with E-state index < -0.39 is 12.4 Å². The average Bonchev–Trinajstić information content (AvgIpc) is 3.48. The summed E-state index contributed by atoms with van der Waals surface area (Å²) in [6.45, 7) is 9.34. The summed E-state index contributed by atoms with van der Waals surface area (Å²) in [6, 6.07) is 18.4. The third-order valence-corrected chi connectivity index (χ3v) is 8.19.